The van der Waals surface area contributed by atoms with Crippen LogP contribution in [0.5, 0.6) is 0 Å². The molecule has 3 rings (SSSR count). The van der Waals surface area contributed by atoms with Crippen molar-refractivity contribution in [2.75, 3.05) is 0 Å². The summed E-state index contributed by atoms with van der Waals surface area (Å²) in [4.78, 5) is 5.80. The number of hydrogen-bond acceptors (Lipinski definition) is 3. The van der Waals surface area contributed by atoms with E-state index in [9.17, 15) is 0 Å². The second-order valence-electron chi connectivity index (χ2n) is 6.33. The van der Waals surface area contributed by atoms with E-state index in [2.05, 4.69) is 40.9 Å². The molecule has 2 aromatic heterocycles. The van der Waals surface area contributed by atoms with Crippen molar-refractivity contribution < 1.29 is 0 Å². The average Bonchev–Trinajstić information content (AvgIpc) is 2.83. The molecule has 3 nitrogen and oxygen atoms in total. The molecular weight excluding hydrogens is 266 g/mol. The highest BCUT2D eigenvalue weighted by molar-refractivity contribution is 7.15. The Bertz CT molecular complexity index is 584. The average molecular weight is 291 g/mol. The van der Waals surface area contributed by atoms with Gasteiger partial charge in [-0.1, -0.05) is 19.8 Å². The Hall–Kier alpha value is -0.870. The standard InChI is InChI=1S/C16H25N3S/c1-11-5-4-6-14(8-7-11)17-9-15-13(3)18-16-19(15)12(2)10-20-16/h10-11,14,17H,4-9H2,1-3H3. The monoisotopic (exact) mass is 291 g/mol. The van der Waals surface area contributed by atoms with Gasteiger partial charge in [-0.15, -0.1) is 11.3 Å². The van der Waals surface area contributed by atoms with Crippen molar-refractivity contribution >= 4 is 16.3 Å². The molecule has 1 N–H and O–H groups in total. The van der Waals surface area contributed by atoms with Gasteiger partial charge in [0.2, 0.25) is 0 Å². The van der Waals surface area contributed by atoms with Crippen LogP contribution in [0, 0.1) is 19.8 Å². The molecule has 4 heteroatoms. The fourth-order valence-corrected chi connectivity index (χ4v) is 4.24. The summed E-state index contributed by atoms with van der Waals surface area (Å²) in [5.74, 6) is 0.907. The van der Waals surface area contributed by atoms with Crippen LogP contribution >= 0.6 is 11.3 Å². The molecule has 0 saturated heterocycles. The number of aromatic nitrogens is 2. The van der Waals surface area contributed by atoms with Gasteiger partial charge in [-0.2, -0.15) is 0 Å². The molecule has 0 aromatic carbocycles. The normalized spacial score (nSPS) is 24.1. The van der Waals surface area contributed by atoms with Gasteiger partial charge in [-0.3, -0.25) is 4.40 Å². The number of nitrogens with one attached hydrogen (secondary N) is 1. The molecule has 1 fully saturated rings. The predicted molar refractivity (Wildman–Crippen MR) is 85.4 cm³/mol. The topological polar surface area (TPSA) is 29.3 Å². The molecule has 110 valence electrons. The number of nitrogens with zero attached hydrogens (tertiary/aromatic N) is 2. The van der Waals surface area contributed by atoms with Crippen molar-refractivity contribution in [1.82, 2.24) is 14.7 Å². The molecule has 0 aliphatic heterocycles. The molecule has 0 spiro atoms. The molecule has 2 heterocycles. The molecule has 1 aliphatic carbocycles. The maximum Gasteiger partial charge on any atom is 0.194 e. The van der Waals surface area contributed by atoms with E-state index in [1.54, 1.807) is 11.3 Å². The summed E-state index contributed by atoms with van der Waals surface area (Å²) in [5, 5.41) is 5.97. The Morgan fingerprint density at radius 1 is 1.30 bits per heavy atom. The quantitative estimate of drug-likeness (QED) is 0.864. The third-order valence-corrected chi connectivity index (χ3v) is 5.59. The summed E-state index contributed by atoms with van der Waals surface area (Å²) < 4.78 is 2.31. The molecule has 0 amide bonds. The summed E-state index contributed by atoms with van der Waals surface area (Å²) in [7, 11) is 0. The smallest absolute Gasteiger partial charge is 0.194 e. The fraction of sp³-hybridized carbons (Fsp3) is 0.688. The number of hydrogen-bond donors (Lipinski definition) is 1. The number of thiazole rings is 1. The van der Waals surface area contributed by atoms with Crippen molar-refractivity contribution in [2.24, 2.45) is 5.92 Å². The molecule has 2 atom stereocenters. The van der Waals surface area contributed by atoms with Gasteiger partial charge in [0.05, 0.1) is 11.4 Å². The van der Waals surface area contributed by atoms with Crippen molar-refractivity contribution in [3.05, 3.63) is 22.5 Å². The van der Waals surface area contributed by atoms with Crippen LogP contribution in [0.15, 0.2) is 5.38 Å². The van der Waals surface area contributed by atoms with Gasteiger partial charge >= 0.3 is 0 Å². The van der Waals surface area contributed by atoms with E-state index < -0.39 is 0 Å². The zero-order valence-corrected chi connectivity index (χ0v) is 13.6. The first-order valence-electron chi connectivity index (χ1n) is 7.80. The summed E-state index contributed by atoms with van der Waals surface area (Å²) in [5.41, 5.74) is 3.82. The van der Waals surface area contributed by atoms with Crippen LogP contribution in [0.25, 0.3) is 4.96 Å². The van der Waals surface area contributed by atoms with Crippen molar-refractivity contribution in [2.45, 2.75) is 65.5 Å². The lowest BCUT2D eigenvalue weighted by Gasteiger charge is -2.16. The lowest BCUT2D eigenvalue weighted by Crippen LogP contribution is -2.28. The summed E-state index contributed by atoms with van der Waals surface area (Å²) in [6.45, 7) is 7.64. The van der Waals surface area contributed by atoms with Crippen LogP contribution in [0.3, 0.4) is 0 Å². The number of aryl methyl sites for hydroxylation is 2. The highest BCUT2D eigenvalue weighted by atomic mass is 32.1. The van der Waals surface area contributed by atoms with Gasteiger partial charge in [-0.25, -0.2) is 4.98 Å². The van der Waals surface area contributed by atoms with Crippen LogP contribution in [0.1, 0.15) is 56.1 Å². The molecule has 2 aromatic rings. The van der Waals surface area contributed by atoms with E-state index >= 15 is 0 Å². The van der Waals surface area contributed by atoms with Crippen molar-refractivity contribution in [1.29, 1.82) is 0 Å². The zero-order chi connectivity index (χ0) is 14.1. The Kier molecular flexibility index (Phi) is 4.13. The molecule has 1 saturated carbocycles. The molecule has 0 radical (unpaired) electrons. The third-order valence-electron chi connectivity index (χ3n) is 4.65. The van der Waals surface area contributed by atoms with Gasteiger partial charge in [0, 0.05) is 23.7 Å². The van der Waals surface area contributed by atoms with E-state index in [0.717, 1.165) is 17.4 Å². The third kappa shape index (κ3) is 2.77. The number of imidazole rings is 1. The molecule has 2 unspecified atom stereocenters. The maximum atomic E-state index is 4.67. The van der Waals surface area contributed by atoms with E-state index in [1.807, 2.05) is 0 Å². The van der Waals surface area contributed by atoms with Gasteiger partial charge in [0.15, 0.2) is 4.96 Å². The fourth-order valence-electron chi connectivity index (χ4n) is 3.31. The number of fused-ring (bicyclic) bond motifs is 1. The Morgan fingerprint density at radius 3 is 3.00 bits per heavy atom. The van der Waals surface area contributed by atoms with Crippen LogP contribution in [0.2, 0.25) is 0 Å². The first-order valence-corrected chi connectivity index (χ1v) is 8.68. The Balaban J connectivity index is 1.70. The van der Waals surface area contributed by atoms with E-state index in [0.29, 0.717) is 6.04 Å². The largest absolute Gasteiger partial charge is 0.308 e. The first-order chi connectivity index (χ1) is 9.65. The Morgan fingerprint density at radius 2 is 2.15 bits per heavy atom. The van der Waals surface area contributed by atoms with Crippen LogP contribution in [0.4, 0.5) is 0 Å². The highest BCUT2D eigenvalue weighted by Crippen LogP contribution is 2.24. The maximum absolute atomic E-state index is 4.67. The summed E-state index contributed by atoms with van der Waals surface area (Å²) >= 11 is 1.74. The minimum Gasteiger partial charge on any atom is -0.308 e. The first kappa shape index (κ1) is 14.1. The minimum atomic E-state index is 0.684. The number of rotatable bonds is 3. The summed E-state index contributed by atoms with van der Waals surface area (Å²) in [6.07, 6.45) is 6.80. The second kappa shape index (κ2) is 5.86. The zero-order valence-electron chi connectivity index (χ0n) is 12.8. The molecular formula is C16H25N3S. The van der Waals surface area contributed by atoms with Crippen molar-refractivity contribution in [3.63, 3.8) is 0 Å². The summed E-state index contributed by atoms with van der Waals surface area (Å²) in [6, 6.07) is 0.684. The highest BCUT2D eigenvalue weighted by Gasteiger charge is 2.17. The van der Waals surface area contributed by atoms with Crippen LogP contribution in [-0.4, -0.2) is 15.4 Å². The minimum absolute atomic E-state index is 0.684. The van der Waals surface area contributed by atoms with Crippen LogP contribution < -0.4 is 5.32 Å². The molecule has 0 bridgehead atoms. The van der Waals surface area contributed by atoms with E-state index in [4.69, 9.17) is 0 Å². The lowest BCUT2D eigenvalue weighted by molar-refractivity contribution is 0.443. The van der Waals surface area contributed by atoms with Gasteiger partial charge < -0.3 is 5.32 Å². The van der Waals surface area contributed by atoms with Gasteiger partial charge in [0.1, 0.15) is 0 Å². The SMILES string of the molecule is Cc1nc2scc(C)n2c1CNC1CCCC(C)CC1. The van der Waals surface area contributed by atoms with Crippen molar-refractivity contribution in [3.8, 4) is 0 Å². The molecule has 20 heavy (non-hydrogen) atoms. The molecule has 1 aliphatic rings. The van der Waals surface area contributed by atoms with Gasteiger partial charge in [-0.05, 0) is 39.0 Å². The Labute approximate surface area is 125 Å². The van der Waals surface area contributed by atoms with Gasteiger partial charge in [0.25, 0.3) is 0 Å². The van der Waals surface area contributed by atoms with E-state index in [-0.39, 0.29) is 0 Å². The van der Waals surface area contributed by atoms with Crippen LogP contribution in [-0.2, 0) is 6.54 Å². The predicted octanol–water partition coefficient (Wildman–Crippen LogP) is 4.07. The lowest BCUT2D eigenvalue weighted by atomic mass is 10.0. The van der Waals surface area contributed by atoms with E-state index in [1.165, 1.54) is 49.2 Å². The second-order valence-corrected chi connectivity index (χ2v) is 7.17.